The summed E-state index contributed by atoms with van der Waals surface area (Å²) in [5, 5.41) is 10.7. The van der Waals surface area contributed by atoms with Gasteiger partial charge in [0.05, 0.1) is 26.3 Å². The zero-order valence-electron chi connectivity index (χ0n) is 26.0. The number of halogens is 2. The van der Waals surface area contributed by atoms with E-state index in [0.717, 1.165) is 31.6 Å². The number of methoxy groups -OCH3 is 2. The predicted molar refractivity (Wildman–Crippen MR) is 165 cm³/mol. The number of phenolic OH excluding ortho intramolecular Hbond substituents is 1. The monoisotopic (exact) mass is 636 g/mol. The Kier molecular flexibility index (Phi) is 15.0. The minimum Gasteiger partial charge on any atom is -1.00 e. The van der Waals surface area contributed by atoms with Crippen molar-refractivity contribution in [2.75, 3.05) is 46.9 Å². The van der Waals surface area contributed by atoms with Crippen molar-refractivity contribution in [1.29, 1.82) is 0 Å². The molecule has 2 heterocycles. The van der Waals surface area contributed by atoms with E-state index in [1.165, 1.54) is 72.6 Å². The first-order valence-electron chi connectivity index (χ1n) is 15.0. The lowest BCUT2D eigenvalue weighted by molar-refractivity contribution is -1.02. The molecule has 0 radical (unpaired) electrons. The van der Waals surface area contributed by atoms with Gasteiger partial charge in [-0.1, -0.05) is 43.7 Å². The second kappa shape index (κ2) is 17.4. The molecule has 234 valence electrons. The van der Waals surface area contributed by atoms with Crippen molar-refractivity contribution >= 4 is 11.3 Å². The molecular weight excluding hydrogens is 587 g/mol. The minimum absolute atomic E-state index is 0. The zero-order chi connectivity index (χ0) is 28.5. The van der Waals surface area contributed by atoms with Crippen LogP contribution in [-0.4, -0.2) is 52.0 Å². The summed E-state index contributed by atoms with van der Waals surface area (Å²) in [6, 6.07) is 17.6. The van der Waals surface area contributed by atoms with Gasteiger partial charge >= 0.3 is 0 Å². The third-order valence-corrected chi connectivity index (χ3v) is 9.84. The Hall–Kier alpha value is -1.96. The highest BCUT2D eigenvalue weighted by atomic mass is 35.5. The van der Waals surface area contributed by atoms with Crippen LogP contribution in [0.25, 0.3) is 0 Å². The van der Waals surface area contributed by atoms with Crippen molar-refractivity contribution in [2.45, 2.75) is 65.8 Å². The number of nitrogens with one attached hydrogen (secondary N) is 2. The van der Waals surface area contributed by atoms with Crippen LogP contribution in [0.15, 0.2) is 48.5 Å². The lowest BCUT2D eigenvalue weighted by atomic mass is 9.84. The number of quaternary nitrogens is 2. The maximum Gasteiger partial charge on any atom is 0.203 e. The van der Waals surface area contributed by atoms with Gasteiger partial charge in [-0.05, 0) is 74.3 Å². The van der Waals surface area contributed by atoms with E-state index in [-0.39, 0.29) is 30.6 Å². The average molecular weight is 638 g/mol. The molecule has 4 rings (SSSR count). The summed E-state index contributed by atoms with van der Waals surface area (Å²) >= 11 is 2.02. The van der Waals surface area contributed by atoms with E-state index in [2.05, 4.69) is 57.2 Å². The van der Waals surface area contributed by atoms with E-state index in [0.29, 0.717) is 16.9 Å². The SMILES string of the molecule is COc1ccc(C[NH+]2CC[NH+](CCC(C)(C)CCc3ccc(CCCc4ccc(C)cc4)s3)CC2)c(O)c1OC.[Cl-].[Cl-]. The molecule has 1 saturated heterocycles. The van der Waals surface area contributed by atoms with Gasteiger partial charge in [-0.25, -0.2) is 0 Å². The fourth-order valence-electron chi connectivity index (χ4n) is 5.76. The first-order chi connectivity index (χ1) is 19.3. The van der Waals surface area contributed by atoms with E-state index in [4.69, 9.17) is 9.47 Å². The molecule has 0 amide bonds. The number of rotatable bonds is 14. The van der Waals surface area contributed by atoms with Crippen molar-refractivity contribution in [3.63, 3.8) is 0 Å². The molecule has 0 unspecified atom stereocenters. The molecule has 0 atom stereocenters. The lowest BCUT2D eigenvalue weighted by Gasteiger charge is -2.32. The van der Waals surface area contributed by atoms with Gasteiger partial charge in [0, 0.05) is 16.2 Å². The second-order valence-corrected chi connectivity index (χ2v) is 13.6. The zero-order valence-corrected chi connectivity index (χ0v) is 28.4. The van der Waals surface area contributed by atoms with Crippen LogP contribution in [0.3, 0.4) is 0 Å². The maximum atomic E-state index is 10.7. The van der Waals surface area contributed by atoms with Gasteiger partial charge in [0.25, 0.3) is 0 Å². The number of benzene rings is 2. The highest BCUT2D eigenvalue weighted by Crippen LogP contribution is 2.38. The molecule has 3 aromatic rings. The molecule has 8 heteroatoms. The van der Waals surface area contributed by atoms with E-state index in [1.54, 1.807) is 24.0 Å². The molecule has 1 fully saturated rings. The maximum absolute atomic E-state index is 10.7. The van der Waals surface area contributed by atoms with Gasteiger partial charge in [-0.15, -0.1) is 11.3 Å². The molecule has 3 N–H and O–H groups in total. The normalized spacial score (nSPS) is 16.8. The van der Waals surface area contributed by atoms with Crippen molar-refractivity contribution in [1.82, 2.24) is 0 Å². The molecule has 1 aliphatic rings. The summed E-state index contributed by atoms with van der Waals surface area (Å²) in [7, 11) is 3.17. The van der Waals surface area contributed by atoms with Crippen molar-refractivity contribution < 1.29 is 49.2 Å². The van der Waals surface area contributed by atoms with Gasteiger partial charge in [-0.2, -0.15) is 0 Å². The first kappa shape index (κ1) is 36.2. The molecule has 1 aromatic heterocycles. The van der Waals surface area contributed by atoms with Crippen LogP contribution in [-0.2, 0) is 25.8 Å². The van der Waals surface area contributed by atoms with Crippen LogP contribution >= 0.6 is 11.3 Å². The summed E-state index contributed by atoms with van der Waals surface area (Å²) in [5.41, 5.74) is 4.08. The van der Waals surface area contributed by atoms with Crippen LogP contribution in [0.4, 0.5) is 0 Å². The van der Waals surface area contributed by atoms with Crippen molar-refractivity contribution in [2.24, 2.45) is 5.41 Å². The molecular formula is C34H50Cl2N2O3S. The summed E-state index contributed by atoms with van der Waals surface area (Å²) < 4.78 is 10.7. The largest absolute Gasteiger partial charge is 1.00 e. The second-order valence-electron chi connectivity index (χ2n) is 12.4. The molecule has 42 heavy (non-hydrogen) atoms. The molecule has 0 bridgehead atoms. The molecule has 2 aromatic carbocycles. The van der Waals surface area contributed by atoms with Crippen LogP contribution in [0, 0.1) is 12.3 Å². The van der Waals surface area contributed by atoms with Crippen molar-refractivity contribution in [3.05, 3.63) is 75.0 Å². The number of thiophene rings is 1. The van der Waals surface area contributed by atoms with E-state index >= 15 is 0 Å². The standard InChI is InChI=1S/C34H48N2O3S.2ClH/c1-26-9-11-27(12-10-26)7-6-8-29-14-15-30(40-29)17-18-34(2,3)19-20-35-21-23-36(24-22-35)25-28-13-16-31(38-4)33(39-5)32(28)37;;/h9-16,37H,6-8,17-25H2,1-5H3;2*1H. The third kappa shape index (κ3) is 10.6. The Bertz CT molecular complexity index is 1210. The number of hydrogen-bond donors (Lipinski definition) is 3. The number of ether oxygens (including phenoxy) is 2. The number of phenols is 1. The Morgan fingerprint density at radius 3 is 2.07 bits per heavy atom. The van der Waals surface area contributed by atoms with E-state index in [9.17, 15) is 5.11 Å². The van der Waals surface area contributed by atoms with Gasteiger partial charge < -0.3 is 49.2 Å². The van der Waals surface area contributed by atoms with Gasteiger partial charge in [0.15, 0.2) is 11.5 Å². The van der Waals surface area contributed by atoms with Crippen LogP contribution in [0.1, 0.15) is 59.6 Å². The smallest absolute Gasteiger partial charge is 0.203 e. The van der Waals surface area contributed by atoms with E-state index in [1.807, 2.05) is 23.5 Å². The van der Waals surface area contributed by atoms with E-state index < -0.39 is 0 Å². The Morgan fingerprint density at radius 2 is 1.43 bits per heavy atom. The summed E-state index contributed by atoms with van der Waals surface area (Å²) in [5.74, 6) is 1.22. The molecule has 5 nitrogen and oxygen atoms in total. The summed E-state index contributed by atoms with van der Waals surface area (Å²) in [4.78, 5) is 6.32. The number of aromatic hydroxyl groups is 1. The molecule has 0 aliphatic carbocycles. The first-order valence-corrected chi connectivity index (χ1v) is 15.8. The fourth-order valence-corrected chi connectivity index (χ4v) is 6.82. The topological polar surface area (TPSA) is 47.6 Å². The highest BCUT2D eigenvalue weighted by Gasteiger charge is 2.27. The van der Waals surface area contributed by atoms with Crippen LogP contribution in [0.5, 0.6) is 17.2 Å². The molecule has 1 aliphatic heterocycles. The lowest BCUT2D eigenvalue weighted by Crippen LogP contribution is -3.27. The van der Waals surface area contributed by atoms with Gasteiger partial charge in [0.2, 0.25) is 5.75 Å². The third-order valence-electron chi connectivity index (χ3n) is 8.64. The van der Waals surface area contributed by atoms with Crippen molar-refractivity contribution in [3.8, 4) is 17.2 Å². The number of aryl methyl sites for hydroxylation is 4. The van der Waals surface area contributed by atoms with Crippen LogP contribution in [0.2, 0.25) is 0 Å². The van der Waals surface area contributed by atoms with Gasteiger partial charge in [0.1, 0.15) is 32.7 Å². The highest BCUT2D eigenvalue weighted by molar-refractivity contribution is 7.11. The minimum atomic E-state index is 0. The Morgan fingerprint density at radius 1 is 0.786 bits per heavy atom. The summed E-state index contributed by atoms with van der Waals surface area (Å²) in [6.07, 6.45) is 7.28. The molecule has 0 spiro atoms. The Labute approximate surface area is 270 Å². The Balaban J connectivity index is 0.00000308. The molecule has 0 saturated carbocycles. The number of hydrogen-bond acceptors (Lipinski definition) is 4. The van der Waals surface area contributed by atoms with Crippen LogP contribution < -0.4 is 44.1 Å². The fraction of sp³-hybridized carbons (Fsp3) is 0.529. The predicted octanol–water partition coefficient (Wildman–Crippen LogP) is -1.70. The van der Waals surface area contributed by atoms with Gasteiger partial charge in [-0.3, -0.25) is 0 Å². The summed E-state index contributed by atoms with van der Waals surface area (Å²) in [6.45, 7) is 13.8. The average Bonchev–Trinajstić information content (AvgIpc) is 3.41. The number of piperazine rings is 1. The quantitative estimate of drug-likeness (QED) is 0.198.